The molecule has 0 unspecified atom stereocenters. The first kappa shape index (κ1) is 30.7. The van der Waals surface area contributed by atoms with Gasteiger partial charge in [0.05, 0.1) is 21.7 Å². The van der Waals surface area contributed by atoms with Crippen molar-refractivity contribution in [2.75, 3.05) is 31.6 Å². The fourth-order valence-corrected chi connectivity index (χ4v) is 6.97. The largest absolute Gasteiger partial charge is 0.380 e. The fourth-order valence-electron chi connectivity index (χ4n) is 4.11. The summed E-state index contributed by atoms with van der Waals surface area (Å²) >= 11 is 1.33. The van der Waals surface area contributed by atoms with Gasteiger partial charge in [-0.1, -0.05) is 39.0 Å². The predicted octanol–water partition coefficient (Wildman–Crippen LogP) is 4.74. The van der Waals surface area contributed by atoms with Gasteiger partial charge in [-0.25, -0.2) is 8.42 Å². The van der Waals surface area contributed by atoms with Crippen LogP contribution >= 0.6 is 11.3 Å². The number of carbonyl (C=O) groups is 2. The van der Waals surface area contributed by atoms with Gasteiger partial charge in [-0.05, 0) is 61.2 Å². The van der Waals surface area contributed by atoms with Crippen LogP contribution in [0.1, 0.15) is 51.9 Å². The number of carbonyl (C=O) groups excluding carboxylic acids is 2. The molecule has 0 radical (unpaired) electrons. The average molecular weight is 575 g/mol. The van der Waals surface area contributed by atoms with E-state index in [-0.39, 0.29) is 22.6 Å². The second kappa shape index (κ2) is 13.5. The fraction of sp³-hybridized carbons (Fsp3) is 0.464. The van der Waals surface area contributed by atoms with Crippen LogP contribution in [-0.4, -0.2) is 55.4 Å². The summed E-state index contributed by atoms with van der Waals surface area (Å²) < 4.78 is 36.5. The number of fused-ring (bicyclic) bond motifs is 1. The van der Waals surface area contributed by atoms with Crippen molar-refractivity contribution in [1.29, 1.82) is 0 Å². The Balaban J connectivity index is 1.95. The smallest absolute Gasteiger partial charge is 0.279 e. The molecule has 3 aromatic rings. The molecule has 0 aliphatic carbocycles. The number of anilines is 1. The number of nitrogens with one attached hydrogen (secondary N) is 1. The molecule has 2 aromatic carbocycles. The number of hydrogen-bond acceptors (Lipinski definition) is 6. The highest BCUT2D eigenvalue weighted by Crippen LogP contribution is 2.23. The van der Waals surface area contributed by atoms with Crippen LogP contribution in [0.4, 0.5) is 5.69 Å². The van der Waals surface area contributed by atoms with E-state index in [9.17, 15) is 18.0 Å². The van der Waals surface area contributed by atoms with E-state index in [0.717, 1.165) is 10.2 Å². The van der Waals surface area contributed by atoms with Gasteiger partial charge in [0, 0.05) is 44.4 Å². The Kier molecular flexibility index (Phi) is 10.6. The van der Waals surface area contributed by atoms with Gasteiger partial charge >= 0.3 is 0 Å². The first-order valence-corrected chi connectivity index (χ1v) is 15.4. The third kappa shape index (κ3) is 8.07. The van der Waals surface area contributed by atoms with E-state index in [2.05, 4.69) is 10.3 Å². The van der Waals surface area contributed by atoms with Crippen LogP contribution in [-0.2, 0) is 26.1 Å². The number of aromatic nitrogens is 1. The molecule has 0 aliphatic rings. The highest BCUT2D eigenvalue weighted by molar-refractivity contribution is 7.89. The number of benzene rings is 2. The van der Waals surface area contributed by atoms with E-state index in [0.29, 0.717) is 48.9 Å². The van der Waals surface area contributed by atoms with Crippen molar-refractivity contribution < 1.29 is 22.7 Å². The normalized spacial score (nSPS) is 12.7. The molecule has 0 fully saturated rings. The summed E-state index contributed by atoms with van der Waals surface area (Å²) in [6.45, 7) is 13.7. The van der Waals surface area contributed by atoms with Crippen LogP contribution in [0.2, 0.25) is 0 Å². The lowest BCUT2D eigenvalue weighted by molar-refractivity contribution is -0.114. The van der Waals surface area contributed by atoms with Crippen LogP contribution in [0.15, 0.2) is 52.4 Å². The molecular formula is C28H38N4O5S2. The zero-order valence-electron chi connectivity index (χ0n) is 23.4. The first-order valence-electron chi connectivity index (χ1n) is 13.1. The molecule has 2 amide bonds. The minimum atomic E-state index is -3.70. The Bertz CT molecular complexity index is 1460. The molecular weight excluding hydrogens is 536 g/mol. The first-order chi connectivity index (χ1) is 18.4. The molecule has 0 aliphatic heterocycles. The zero-order chi connectivity index (χ0) is 28.7. The number of thiazole rings is 1. The third-order valence-corrected chi connectivity index (χ3v) is 8.63. The van der Waals surface area contributed by atoms with Crippen molar-refractivity contribution in [3.63, 3.8) is 0 Å². The monoisotopic (exact) mass is 574 g/mol. The van der Waals surface area contributed by atoms with Gasteiger partial charge in [-0.15, -0.1) is 0 Å². The summed E-state index contributed by atoms with van der Waals surface area (Å²) in [6.07, 6.45) is 0. The van der Waals surface area contributed by atoms with Gasteiger partial charge in [0.15, 0.2) is 4.80 Å². The Morgan fingerprint density at radius 1 is 1.05 bits per heavy atom. The lowest BCUT2D eigenvalue weighted by Crippen LogP contribution is -2.37. The van der Waals surface area contributed by atoms with E-state index in [1.165, 1.54) is 46.8 Å². The third-order valence-electron chi connectivity index (χ3n) is 5.74. The molecule has 0 atom stereocenters. The van der Waals surface area contributed by atoms with E-state index in [1.807, 2.05) is 51.3 Å². The Morgan fingerprint density at radius 2 is 1.69 bits per heavy atom. The maximum absolute atomic E-state index is 13.3. The molecule has 1 N–H and O–H groups in total. The minimum absolute atomic E-state index is 0.152. The van der Waals surface area contributed by atoms with Gasteiger partial charge in [-0.2, -0.15) is 9.30 Å². The van der Waals surface area contributed by atoms with Crippen molar-refractivity contribution in [3.05, 3.63) is 52.8 Å². The van der Waals surface area contributed by atoms with Crippen molar-refractivity contribution in [1.82, 2.24) is 8.87 Å². The summed E-state index contributed by atoms with van der Waals surface area (Å²) in [6, 6.07) is 11.5. The van der Waals surface area contributed by atoms with E-state index >= 15 is 0 Å². The average Bonchev–Trinajstić information content (AvgIpc) is 3.19. The van der Waals surface area contributed by atoms with Crippen molar-refractivity contribution in [2.24, 2.45) is 16.8 Å². The maximum Gasteiger partial charge on any atom is 0.279 e. The Labute approximate surface area is 234 Å². The van der Waals surface area contributed by atoms with Crippen molar-refractivity contribution in [2.45, 2.75) is 53.0 Å². The van der Waals surface area contributed by atoms with Crippen molar-refractivity contribution >= 4 is 49.1 Å². The summed E-state index contributed by atoms with van der Waals surface area (Å²) in [5, 5.41) is 2.77. The second-order valence-corrected chi connectivity index (χ2v) is 13.1. The number of sulfonamides is 1. The molecule has 1 aromatic heterocycles. The van der Waals surface area contributed by atoms with Crippen LogP contribution < -0.4 is 10.1 Å². The lowest BCUT2D eigenvalue weighted by atomic mass is 10.2. The molecule has 1 heterocycles. The van der Waals surface area contributed by atoms with E-state index in [4.69, 9.17) is 4.74 Å². The van der Waals surface area contributed by atoms with Crippen molar-refractivity contribution in [3.8, 4) is 0 Å². The molecule has 9 nitrogen and oxygen atoms in total. The molecule has 39 heavy (non-hydrogen) atoms. The summed E-state index contributed by atoms with van der Waals surface area (Å²) in [5.41, 5.74) is 1.82. The second-order valence-electron chi connectivity index (χ2n) is 10.1. The van der Waals surface area contributed by atoms with Gasteiger partial charge in [0.1, 0.15) is 0 Å². The van der Waals surface area contributed by atoms with Crippen LogP contribution in [0.5, 0.6) is 0 Å². The molecule has 0 saturated heterocycles. The topological polar surface area (TPSA) is 110 Å². The zero-order valence-corrected chi connectivity index (χ0v) is 25.1. The quantitative estimate of drug-likeness (QED) is 0.314. The standard InChI is InChI=1S/C28H38N4O5S2/c1-7-37-15-14-32-25-13-10-23(29-21(6)33)16-26(25)38-28(32)30-27(34)22-8-11-24(12-9-22)39(35,36)31(17-19(2)3)18-20(4)5/h8-13,16,19-20H,7,14-15,17-18H2,1-6H3,(H,29,33). The number of amides is 2. The van der Waals surface area contributed by atoms with Gasteiger partial charge in [-0.3, -0.25) is 9.59 Å². The minimum Gasteiger partial charge on any atom is -0.380 e. The van der Waals surface area contributed by atoms with Crippen LogP contribution in [0.25, 0.3) is 10.2 Å². The van der Waals surface area contributed by atoms with Gasteiger partial charge in [0.2, 0.25) is 15.9 Å². The van der Waals surface area contributed by atoms with E-state index in [1.54, 1.807) is 6.07 Å². The van der Waals surface area contributed by atoms with E-state index < -0.39 is 15.9 Å². The molecule has 3 rings (SSSR count). The number of nitrogens with zero attached hydrogens (tertiary/aromatic N) is 3. The summed E-state index contributed by atoms with van der Waals surface area (Å²) in [7, 11) is -3.70. The summed E-state index contributed by atoms with van der Waals surface area (Å²) in [4.78, 5) is 29.7. The highest BCUT2D eigenvalue weighted by atomic mass is 32.2. The Hall–Kier alpha value is -2.86. The molecule has 0 saturated carbocycles. The van der Waals surface area contributed by atoms with Crippen LogP contribution in [0.3, 0.4) is 0 Å². The molecule has 11 heteroatoms. The molecule has 0 spiro atoms. The lowest BCUT2D eigenvalue weighted by Gasteiger charge is -2.25. The number of rotatable bonds is 12. The number of hydrogen-bond donors (Lipinski definition) is 1. The SMILES string of the molecule is CCOCCn1c(=NC(=O)c2ccc(S(=O)(=O)N(CC(C)C)CC(C)C)cc2)sc2cc(NC(C)=O)ccc21. The maximum atomic E-state index is 13.3. The van der Waals surface area contributed by atoms with Crippen LogP contribution in [0, 0.1) is 11.8 Å². The molecule has 0 bridgehead atoms. The number of ether oxygens (including phenoxy) is 1. The Morgan fingerprint density at radius 3 is 2.26 bits per heavy atom. The highest BCUT2D eigenvalue weighted by Gasteiger charge is 2.26. The predicted molar refractivity (Wildman–Crippen MR) is 155 cm³/mol. The van der Waals surface area contributed by atoms with Gasteiger partial charge in [0.25, 0.3) is 5.91 Å². The molecule has 212 valence electrons. The summed E-state index contributed by atoms with van der Waals surface area (Å²) in [5.74, 6) is -0.275. The van der Waals surface area contributed by atoms with Gasteiger partial charge < -0.3 is 14.6 Å².